The molecule has 4 unspecified atom stereocenters. The highest BCUT2D eigenvalue weighted by Gasteiger charge is 2.23. The molecule has 1 aliphatic carbocycles. The SMILES string of the molecule is CCC(C)C(C)NC1CCCCCC1O. The van der Waals surface area contributed by atoms with Crippen molar-refractivity contribution < 1.29 is 5.11 Å². The molecule has 1 rings (SSSR count). The Balaban J connectivity index is 2.40. The maximum atomic E-state index is 9.99. The van der Waals surface area contributed by atoms with E-state index < -0.39 is 0 Å². The van der Waals surface area contributed by atoms with E-state index in [1.165, 1.54) is 25.7 Å². The zero-order chi connectivity index (χ0) is 11.3. The van der Waals surface area contributed by atoms with Crippen molar-refractivity contribution in [1.82, 2.24) is 5.32 Å². The predicted octanol–water partition coefficient (Wildman–Crippen LogP) is 2.70. The van der Waals surface area contributed by atoms with Crippen molar-refractivity contribution in [3.05, 3.63) is 0 Å². The van der Waals surface area contributed by atoms with E-state index in [-0.39, 0.29) is 6.10 Å². The minimum Gasteiger partial charge on any atom is -0.392 e. The lowest BCUT2D eigenvalue weighted by atomic mass is 9.97. The first-order valence-corrected chi connectivity index (χ1v) is 6.59. The van der Waals surface area contributed by atoms with Crippen LogP contribution in [0.25, 0.3) is 0 Å². The Morgan fingerprint density at radius 1 is 1.20 bits per heavy atom. The third-order valence-corrected chi connectivity index (χ3v) is 3.95. The summed E-state index contributed by atoms with van der Waals surface area (Å²) in [5.41, 5.74) is 0. The molecule has 4 atom stereocenters. The van der Waals surface area contributed by atoms with E-state index in [9.17, 15) is 5.11 Å². The summed E-state index contributed by atoms with van der Waals surface area (Å²) < 4.78 is 0. The second kappa shape index (κ2) is 6.49. The Hall–Kier alpha value is -0.0800. The molecule has 0 aliphatic heterocycles. The minimum atomic E-state index is -0.126. The van der Waals surface area contributed by atoms with Crippen molar-refractivity contribution >= 4 is 0 Å². The van der Waals surface area contributed by atoms with E-state index in [0.29, 0.717) is 18.0 Å². The maximum Gasteiger partial charge on any atom is 0.0693 e. The lowest BCUT2D eigenvalue weighted by Gasteiger charge is -2.29. The number of nitrogens with one attached hydrogen (secondary N) is 1. The molecule has 0 aromatic rings. The Morgan fingerprint density at radius 2 is 1.87 bits per heavy atom. The summed E-state index contributed by atoms with van der Waals surface area (Å²) in [6.07, 6.45) is 6.94. The molecule has 0 saturated heterocycles. The van der Waals surface area contributed by atoms with Crippen LogP contribution < -0.4 is 5.32 Å². The first-order chi connectivity index (χ1) is 7.15. The van der Waals surface area contributed by atoms with E-state index in [1.807, 2.05) is 0 Å². The van der Waals surface area contributed by atoms with E-state index in [1.54, 1.807) is 0 Å². The predicted molar refractivity (Wildman–Crippen MR) is 64.9 cm³/mol. The molecule has 2 nitrogen and oxygen atoms in total. The van der Waals surface area contributed by atoms with Crippen LogP contribution in [0, 0.1) is 5.92 Å². The van der Waals surface area contributed by atoms with Gasteiger partial charge in [0.25, 0.3) is 0 Å². The van der Waals surface area contributed by atoms with E-state index in [2.05, 4.69) is 26.1 Å². The van der Waals surface area contributed by atoms with E-state index in [0.717, 1.165) is 12.8 Å². The molecular formula is C13H27NO. The van der Waals surface area contributed by atoms with Gasteiger partial charge in [-0.15, -0.1) is 0 Å². The second-order valence-electron chi connectivity index (χ2n) is 5.15. The number of aliphatic hydroxyl groups is 1. The summed E-state index contributed by atoms with van der Waals surface area (Å²) in [6, 6.07) is 0.851. The van der Waals surface area contributed by atoms with Crippen molar-refractivity contribution in [2.75, 3.05) is 0 Å². The van der Waals surface area contributed by atoms with Crippen molar-refractivity contribution in [3.63, 3.8) is 0 Å². The molecule has 0 bridgehead atoms. The van der Waals surface area contributed by atoms with E-state index in [4.69, 9.17) is 0 Å². The molecule has 1 aliphatic rings. The van der Waals surface area contributed by atoms with Crippen molar-refractivity contribution in [3.8, 4) is 0 Å². The van der Waals surface area contributed by atoms with Gasteiger partial charge in [-0.1, -0.05) is 39.5 Å². The van der Waals surface area contributed by atoms with Gasteiger partial charge >= 0.3 is 0 Å². The lowest BCUT2D eigenvalue weighted by Crippen LogP contribution is -2.46. The van der Waals surface area contributed by atoms with Gasteiger partial charge in [0.15, 0.2) is 0 Å². The highest BCUT2D eigenvalue weighted by molar-refractivity contribution is 4.82. The Morgan fingerprint density at radius 3 is 2.53 bits per heavy atom. The standard InChI is InChI=1S/C13H27NO/c1-4-10(2)11(3)14-12-8-6-5-7-9-13(12)15/h10-15H,4-9H2,1-3H3. The highest BCUT2D eigenvalue weighted by atomic mass is 16.3. The summed E-state index contributed by atoms with van der Waals surface area (Å²) >= 11 is 0. The van der Waals surface area contributed by atoms with Crippen LogP contribution in [0.4, 0.5) is 0 Å². The summed E-state index contributed by atoms with van der Waals surface area (Å²) in [7, 11) is 0. The maximum absolute atomic E-state index is 9.99. The molecule has 0 aromatic heterocycles. The molecule has 0 spiro atoms. The van der Waals surface area contributed by atoms with Gasteiger partial charge in [-0.25, -0.2) is 0 Å². The summed E-state index contributed by atoms with van der Waals surface area (Å²) in [6.45, 7) is 6.75. The fraction of sp³-hybridized carbons (Fsp3) is 1.00. The molecule has 15 heavy (non-hydrogen) atoms. The molecule has 1 saturated carbocycles. The molecular weight excluding hydrogens is 186 g/mol. The molecule has 2 N–H and O–H groups in total. The van der Waals surface area contributed by atoms with Crippen LogP contribution >= 0.6 is 0 Å². The number of aliphatic hydroxyl groups excluding tert-OH is 1. The van der Waals surface area contributed by atoms with Crippen LogP contribution in [-0.2, 0) is 0 Å². The number of rotatable bonds is 4. The van der Waals surface area contributed by atoms with Gasteiger partial charge in [0.1, 0.15) is 0 Å². The van der Waals surface area contributed by atoms with Gasteiger partial charge in [-0.2, -0.15) is 0 Å². The topological polar surface area (TPSA) is 32.3 Å². The van der Waals surface area contributed by atoms with Crippen molar-refractivity contribution in [1.29, 1.82) is 0 Å². The quantitative estimate of drug-likeness (QED) is 0.704. The van der Waals surface area contributed by atoms with Crippen LogP contribution in [0.5, 0.6) is 0 Å². The Kier molecular flexibility index (Phi) is 5.62. The van der Waals surface area contributed by atoms with Crippen molar-refractivity contribution in [2.24, 2.45) is 5.92 Å². The normalized spacial score (nSPS) is 32.0. The second-order valence-corrected chi connectivity index (χ2v) is 5.15. The largest absolute Gasteiger partial charge is 0.392 e. The van der Waals surface area contributed by atoms with Crippen LogP contribution in [-0.4, -0.2) is 23.3 Å². The number of hydrogen-bond acceptors (Lipinski definition) is 2. The zero-order valence-electron chi connectivity index (χ0n) is 10.5. The molecule has 1 fully saturated rings. The third-order valence-electron chi connectivity index (χ3n) is 3.95. The monoisotopic (exact) mass is 213 g/mol. The molecule has 0 heterocycles. The average molecular weight is 213 g/mol. The lowest BCUT2D eigenvalue weighted by molar-refractivity contribution is 0.110. The number of hydrogen-bond donors (Lipinski definition) is 2. The van der Waals surface area contributed by atoms with Gasteiger partial charge in [-0.05, 0) is 25.7 Å². The van der Waals surface area contributed by atoms with Crippen LogP contribution in [0.1, 0.15) is 59.3 Å². The van der Waals surface area contributed by atoms with E-state index >= 15 is 0 Å². The molecule has 0 aromatic carbocycles. The van der Waals surface area contributed by atoms with Gasteiger partial charge in [0.05, 0.1) is 6.10 Å². The van der Waals surface area contributed by atoms with Crippen molar-refractivity contribution in [2.45, 2.75) is 77.5 Å². The van der Waals surface area contributed by atoms with Gasteiger partial charge < -0.3 is 10.4 Å². The van der Waals surface area contributed by atoms with Crippen LogP contribution in [0.15, 0.2) is 0 Å². The van der Waals surface area contributed by atoms with Gasteiger partial charge in [-0.3, -0.25) is 0 Å². The summed E-state index contributed by atoms with van der Waals surface area (Å²) in [4.78, 5) is 0. The first-order valence-electron chi connectivity index (χ1n) is 6.59. The minimum absolute atomic E-state index is 0.126. The van der Waals surface area contributed by atoms with Crippen LogP contribution in [0.3, 0.4) is 0 Å². The van der Waals surface area contributed by atoms with Gasteiger partial charge in [0.2, 0.25) is 0 Å². The Bertz CT molecular complexity index is 172. The zero-order valence-corrected chi connectivity index (χ0v) is 10.5. The first kappa shape index (κ1) is 13.0. The summed E-state index contributed by atoms with van der Waals surface area (Å²) in [5, 5.41) is 13.6. The van der Waals surface area contributed by atoms with Crippen LogP contribution in [0.2, 0.25) is 0 Å². The summed E-state index contributed by atoms with van der Waals surface area (Å²) in [5.74, 6) is 0.695. The average Bonchev–Trinajstić information content (AvgIpc) is 2.43. The molecule has 0 amide bonds. The molecule has 0 radical (unpaired) electrons. The highest BCUT2D eigenvalue weighted by Crippen LogP contribution is 2.19. The fourth-order valence-corrected chi connectivity index (χ4v) is 2.34. The molecule has 2 heteroatoms. The molecule has 90 valence electrons. The Labute approximate surface area is 94.5 Å². The van der Waals surface area contributed by atoms with Gasteiger partial charge in [0, 0.05) is 12.1 Å². The smallest absolute Gasteiger partial charge is 0.0693 e. The third kappa shape index (κ3) is 4.12. The fourth-order valence-electron chi connectivity index (χ4n) is 2.34.